The highest BCUT2D eigenvalue weighted by atomic mass is 32.1. The fourth-order valence-corrected chi connectivity index (χ4v) is 2.81. The van der Waals surface area contributed by atoms with E-state index in [1.807, 2.05) is 6.07 Å². The van der Waals surface area contributed by atoms with Crippen LogP contribution < -0.4 is 0 Å². The topological polar surface area (TPSA) is 16.1 Å². The molecule has 2 rings (SSSR count). The molecule has 2 aromatic rings. The molecule has 3 heteroatoms. The van der Waals surface area contributed by atoms with Crippen molar-refractivity contribution in [2.24, 2.45) is 0 Å². The Morgan fingerprint density at radius 1 is 1.11 bits per heavy atom. The smallest absolute Gasteiger partial charge is 0.123 e. The molecule has 96 valence electrons. The summed E-state index contributed by atoms with van der Waals surface area (Å²) < 4.78 is 0. The fraction of sp³-hybridized carbons (Fsp3) is 0.400. The highest BCUT2D eigenvalue weighted by Crippen LogP contribution is 2.23. The number of benzene rings is 1. The average Bonchev–Trinajstić information content (AvgIpc) is 2.90. The molecule has 2 nitrogen and oxygen atoms in total. The van der Waals surface area contributed by atoms with Crippen LogP contribution in [0.25, 0.3) is 10.6 Å². The zero-order valence-electron chi connectivity index (χ0n) is 11.1. The summed E-state index contributed by atoms with van der Waals surface area (Å²) in [4.78, 5) is 7.14. The standard InChI is InChI=1S/C15H20N2S/c1-3-17(4-2)11-10-14-12-18-15(16-14)13-8-6-5-7-9-13/h5-9,12H,3-4,10-11H2,1-2H3. The van der Waals surface area contributed by atoms with E-state index in [9.17, 15) is 0 Å². The molecule has 0 spiro atoms. The SMILES string of the molecule is CCN(CC)CCc1csc(-c2ccccc2)n1. The molecule has 0 fully saturated rings. The molecule has 0 aliphatic carbocycles. The van der Waals surface area contributed by atoms with Gasteiger partial charge < -0.3 is 4.90 Å². The van der Waals surface area contributed by atoms with Crippen LogP contribution in [0.15, 0.2) is 35.7 Å². The Morgan fingerprint density at radius 2 is 1.83 bits per heavy atom. The summed E-state index contributed by atoms with van der Waals surface area (Å²) in [5.41, 5.74) is 2.43. The predicted molar refractivity (Wildman–Crippen MR) is 79.0 cm³/mol. The maximum Gasteiger partial charge on any atom is 0.123 e. The monoisotopic (exact) mass is 260 g/mol. The number of hydrogen-bond acceptors (Lipinski definition) is 3. The number of thiazole rings is 1. The van der Waals surface area contributed by atoms with Crippen molar-refractivity contribution in [3.05, 3.63) is 41.4 Å². The third-order valence-corrected chi connectivity index (χ3v) is 4.09. The molecular formula is C15H20N2S. The summed E-state index contributed by atoms with van der Waals surface area (Å²) in [5, 5.41) is 3.32. The predicted octanol–water partition coefficient (Wildman–Crippen LogP) is 3.69. The van der Waals surface area contributed by atoms with Gasteiger partial charge in [0.05, 0.1) is 5.69 Å². The lowest BCUT2D eigenvalue weighted by Crippen LogP contribution is -2.25. The molecular weight excluding hydrogens is 240 g/mol. The molecule has 1 aromatic carbocycles. The van der Waals surface area contributed by atoms with E-state index in [0.717, 1.165) is 31.1 Å². The molecule has 0 atom stereocenters. The Balaban J connectivity index is 1.98. The van der Waals surface area contributed by atoms with E-state index in [1.165, 1.54) is 11.3 Å². The Bertz CT molecular complexity index is 460. The molecule has 0 saturated heterocycles. The summed E-state index contributed by atoms with van der Waals surface area (Å²) in [5.74, 6) is 0. The maximum atomic E-state index is 4.71. The summed E-state index contributed by atoms with van der Waals surface area (Å²) in [6.07, 6.45) is 1.05. The molecule has 0 aliphatic heterocycles. The third-order valence-electron chi connectivity index (χ3n) is 3.15. The molecule has 18 heavy (non-hydrogen) atoms. The summed E-state index contributed by atoms with van der Waals surface area (Å²) >= 11 is 1.74. The lowest BCUT2D eigenvalue weighted by Gasteiger charge is -2.16. The Labute approximate surface area is 113 Å². The minimum atomic E-state index is 1.05. The van der Waals surface area contributed by atoms with Gasteiger partial charge in [-0.3, -0.25) is 0 Å². The van der Waals surface area contributed by atoms with E-state index in [4.69, 9.17) is 4.98 Å². The first-order chi connectivity index (χ1) is 8.83. The van der Waals surface area contributed by atoms with Crippen LogP contribution >= 0.6 is 11.3 Å². The van der Waals surface area contributed by atoms with Crippen LogP contribution in [0.5, 0.6) is 0 Å². The van der Waals surface area contributed by atoms with Crippen molar-refractivity contribution in [3.8, 4) is 10.6 Å². The zero-order chi connectivity index (χ0) is 12.8. The molecule has 0 amide bonds. The second-order valence-electron chi connectivity index (χ2n) is 4.29. The highest BCUT2D eigenvalue weighted by molar-refractivity contribution is 7.13. The molecule has 1 aromatic heterocycles. The molecule has 0 aliphatic rings. The molecule has 0 unspecified atom stereocenters. The van der Waals surface area contributed by atoms with Gasteiger partial charge in [0.1, 0.15) is 5.01 Å². The second-order valence-corrected chi connectivity index (χ2v) is 5.15. The molecule has 0 bridgehead atoms. The Morgan fingerprint density at radius 3 is 2.50 bits per heavy atom. The van der Waals surface area contributed by atoms with Crippen molar-refractivity contribution in [3.63, 3.8) is 0 Å². The normalized spacial score (nSPS) is 11.1. The van der Waals surface area contributed by atoms with Gasteiger partial charge in [-0.15, -0.1) is 11.3 Å². The summed E-state index contributed by atoms with van der Waals surface area (Å²) in [7, 11) is 0. The van der Waals surface area contributed by atoms with Crippen LogP contribution in [0.3, 0.4) is 0 Å². The van der Waals surface area contributed by atoms with Gasteiger partial charge in [0.25, 0.3) is 0 Å². The third kappa shape index (κ3) is 3.40. The van der Waals surface area contributed by atoms with Crippen molar-refractivity contribution in [1.29, 1.82) is 0 Å². The second kappa shape index (κ2) is 6.66. The first-order valence-electron chi connectivity index (χ1n) is 6.55. The van der Waals surface area contributed by atoms with Crippen molar-refractivity contribution < 1.29 is 0 Å². The fourth-order valence-electron chi connectivity index (χ4n) is 1.95. The van der Waals surface area contributed by atoms with Gasteiger partial charge in [0.2, 0.25) is 0 Å². The lowest BCUT2D eigenvalue weighted by molar-refractivity contribution is 0.307. The van der Waals surface area contributed by atoms with Gasteiger partial charge >= 0.3 is 0 Å². The first-order valence-corrected chi connectivity index (χ1v) is 7.43. The average molecular weight is 260 g/mol. The van der Waals surface area contributed by atoms with E-state index in [2.05, 4.69) is 48.4 Å². The van der Waals surface area contributed by atoms with Gasteiger partial charge in [-0.1, -0.05) is 44.2 Å². The largest absolute Gasteiger partial charge is 0.303 e. The Kier molecular flexibility index (Phi) is 4.90. The van der Waals surface area contributed by atoms with Crippen LogP contribution in [0, 0.1) is 0 Å². The molecule has 0 N–H and O–H groups in total. The Hall–Kier alpha value is -1.19. The van der Waals surface area contributed by atoms with Gasteiger partial charge in [0.15, 0.2) is 0 Å². The van der Waals surface area contributed by atoms with E-state index in [0.29, 0.717) is 0 Å². The molecule has 0 radical (unpaired) electrons. The first kappa shape index (κ1) is 13.2. The summed E-state index contributed by atoms with van der Waals surface area (Å²) in [6, 6.07) is 10.4. The van der Waals surface area contributed by atoms with E-state index >= 15 is 0 Å². The highest BCUT2D eigenvalue weighted by Gasteiger charge is 2.05. The van der Waals surface area contributed by atoms with Crippen molar-refractivity contribution in [2.45, 2.75) is 20.3 Å². The molecule has 0 saturated carbocycles. The van der Waals surface area contributed by atoms with Crippen LogP contribution in [0.2, 0.25) is 0 Å². The van der Waals surface area contributed by atoms with Crippen LogP contribution in [-0.2, 0) is 6.42 Å². The number of rotatable bonds is 6. The van der Waals surface area contributed by atoms with E-state index < -0.39 is 0 Å². The van der Waals surface area contributed by atoms with Crippen LogP contribution in [0.4, 0.5) is 0 Å². The van der Waals surface area contributed by atoms with E-state index in [-0.39, 0.29) is 0 Å². The minimum absolute atomic E-state index is 1.05. The van der Waals surface area contributed by atoms with Gasteiger partial charge in [-0.05, 0) is 13.1 Å². The molecule has 1 heterocycles. The minimum Gasteiger partial charge on any atom is -0.303 e. The summed E-state index contributed by atoms with van der Waals surface area (Å²) in [6.45, 7) is 7.75. The van der Waals surface area contributed by atoms with Crippen molar-refractivity contribution >= 4 is 11.3 Å². The van der Waals surface area contributed by atoms with E-state index in [1.54, 1.807) is 11.3 Å². The number of nitrogens with zero attached hydrogens (tertiary/aromatic N) is 2. The zero-order valence-corrected chi connectivity index (χ0v) is 11.9. The van der Waals surface area contributed by atoms with Gasteiger partial charge in [-0.25, -0.2) is 4.98 Å². The van der Waals surface area contributed by atoms with Gasteiger partial charge in [-0.2, -0.15) is 0 Å². The lowest BCUT2D eigenvalue weighted by atomic mass is 10.2. The van der Waals surface area contributed by atoms with Crippen molar-refractivity contribution in [2.75, 3.05) is 19.6 Å². The number of likely N-dealkylation sites (N-methyl/N-ethyl adjacent to an activating group) is 1. The van der Waals surface area contributed by atoms with Gasteiger partial charge in [0, 0.05) is 23.9 Å². The number of aromatic nitrogens is 1. The maximum absolute atomic E-state index is 4.71. The van der Waals surface area contributed by atoms with Crippen LogP contribution in [0.1, 0.15) is 19.5 Å². The van der Waals surface area contributed by atoms with Crippen molar-refractivity contribution in [1.82, 2.24) is 9.88 Å². The number of hydrogen-bond donors (Lipinski definition) is 0. The van der Waals surface area contributed by atoms with Crippen LogP contribution in [-0.4, -0.2) is 29.5 Å². The quantitative estimate of drug-likeness (QED) is 0.787.